The summed E-state index contributed by atoms with van der Waals surface area (Å²) in [5, 5.41) is 8.89. The maximum Gasteiger partial charge on any atom is 0.0146 e. The highest BCUT2D eigenvalue weighted by molar-refractivity contribution is 7.08. The second-order valence-electron chi connectivity index (χ2n) is 4.86. The van der Waals surface area contributed by atoms with E-state index >= 15 is 0 Å². The van der Waals surface area contributed by atoms with Crippen LogP contribution in [0.5, 0.6) is 0 Å². The van der Waals surface area contributed by atoms with Gasteiger partial charge in [-0.05, 0) is 63.7 Å². The van der Waals surface area contributed by atoms with Gasteiger partial charge in [0, 0.05) is 5.92 Å². The van der Waals surface area contributed by atoms with Gasteiger partial charge < -0.3 is 0 Å². The van der Waals surface area contributed by atoms with Gasteiger partial charge in [-0.2, -0.15) is 22.7 Å². The lowest BCUT2D eigenvalue weighted by Gasteiger charge is -2.15. The SMILES string of the molecule is Cc1ccc(CC(c2ccsc2)c2ccsc2)cc1. The smallest absolute Gasteiger partial charge is 0.0146 e. The third kappa shape index (κ3) is 2.96. The van der Waals surface area contributed by atoms with Gasteiger partial charge >= 0.3 is 0 Å². The second kappa shape index (κ2) is 5.72. The van der Waals surface area contributed by atoms with Crippen LogP contribution in [0.1, 0.15) is 28.2 Å². The third-order valence-corrected chi connectivity index (χ3v) is 4.85. The van der Waals surface area contributed by atoms with Crippen LogP contribution >= 0.6 is 22.7 Å². The Morgan fingerprint density at radius 3 is 1.89 bits per heavy atom. The normalized spacial score (nSPS) is 11.1. The first-order chi connectivity index (χ1) is 9.33. The molecule has 3 aromatic rings. The van der Waals surface area contributed by atoms with Crippen molar-refractivity contribution in [1.29, 1.82) is 0 Å². The molecule has 0 bridgehead atoms. The van der Waals surface area contributed by atoms with Gasteiger partial charge in [0.1, 0.15) is 0 Å². The Morgan fingerprint density at radius 1 is 0.842 bits per heavy atom. The Balaban J connectivity index is 1.90. The van der Waals surface area contributed by atoms with Crippen molar-refractivity contribution in [3.05, 3.63) is 80.2 Å². The Kier molecular flexibility index (Phi) is 3.81. The first kappa shape index (κ1) is 12.6. The fourth-order valence-corrected chi connectivity index (χ4v) is 3.76. The van der Waals surface area contributed by atoms with Gasteiger partial charge in [0.2, 0.25) is 0 Å². The number of thiophene rings is 2. The van der Waals surface area contributed by atoms with E-state index in [1.165, 1.54) is 22.3 Å². The van der Waals surface area contributed by atoms with Crippen LogP contribution < -0.4 is 0 Å². The van der Waals surface area contributed by atoms with Gasteiger partial charge in [0.25, 0.3) is 0 Å². The Labute approximate surface area is 122 Å². The molecule has 0 aliphatic rings. The molecule has 0 aliphatic heterocycles. The molecule has 2 heterocycles. The summed E-state index contributed by atoms with van der Waals surface area (Å²) in [5.74, 6) is 0.486. The molecule has 0 nitrogen and oxygen atoms in total. The summed E-state index contributed by atoms with van der Waals surface area (Å²) in [4.78, 5) is 0. The molecule has 0 saturated heterocycles. The standard InChI is InChI=1S/C17H16S2/c1-13-2-4-14(5-3-13)10-17(15-6-8-18-11-15)16-7-9-19-12-16/h2-9,11-12,17H,10H2,1H3. The summed E-state index contributed by atoms with van der Waals surface area (Å²) in [7, 11) is 0. The zero-order chi connectivity index (χ0) is 13.1. The number of aryl methyl sites for hydroxylation is 1. The van der Waals surface area contributed by atoms with Crippen LogP contribution in [0.3, 0.4) is 0 Å². The van der Waals surface area contributed by atoms with Crippen LogP contribution in [0.25, 0.3) is 0 Å². The molecule has 96 valence electrons. The molecule has 0 N–H and O–H groups in total. The quantitative estimate of drug-likeness (QED) is 0.594. The molecule has 0 saturated carbocycles. The molecular formula is C17H16S2. The van der Waals surface area contributed by atoms with Crippen LogP contribution in [-0.2, 0) is 6.42 Å². The minimum absolute atomic E-state index is 0.486. The van der Waals surface area contributed by atoms with Gasteiger partial charge in [-0.3, -0.25) is 0 Å². The van der Waals surface area contributed by atoms with E-state index in [2.05, 4.69) is 64.8 Å². The van der Waals surface area contributed by atoms with E-state index in [-0.39, 0.29) is 0 Å². The number of hydrogen-bond acceptors (Lipinski definition) is 2. The largest absolute Gasteiger partial charge is 0.152 e. The van der Waals surface area contributed by atoms with Crippen molar-refractivity contribution in [1.82, 2.24) is 0 Å². The predicted molar refractivity (Wildman–Crippen MR) is 85.4 cm³/mol. The Morgan fingerprint density at radius 2 is 1.42 bits per heavy atom. The van der Waals surface area contributed by atoms with Crippen LogP contribution in [0.15, 0.2) is 57.9 Å². The minimum atomic E-state index is 0.486. The molecular weight excluding hydrogens is 268 g/mol. The van der Waals surface area contributed by atoms with Crippen molar-refractivity contribution >= 4 is 22.7 Å². The zero-order valence-electron chi connectivity index (χ0n) is 10.9. The lowest BCUT2D eigenvalue weighted by Crippen LogP contribution is -2.02. The first-order valence-electron chi connectivity index (χ1n) is 6.42. The van der Waals surface area contributed by atoms with Crippen molar-refractivity contribution in [3.63, 3.8) is 0 Å². The van der Waals surface area contributed by atoms with Crippen LogP contribution in [0.4, 0.5) is 0 Å². The van der Waals surface area contributed by atoms with E-state index < -0.39 is 0 Å². The lowest BCUT2D eigenvalue weighted by atomic mass is 9.89. The van der Waals surface area contributed by atoms with Crippen LogP contribution in [0, 0.1) is 6.92 Å². The highest BCUT2D eigenvalue weighted by atomic mass is 32.1. The fraction of sp³-hybridized carbons (Fsp3) is 0.176. The van der Waals surface area contributed by atoms with E-state index in [9.17, 15) is 0 Å². The highest BCUT2D eigenvalue weighted by Gasteiger charge is 2.15. The topological polar surface area (TPSA) is 0 Å². The average molecular weight is 284 g/mol. The maximum atomic E-state index is 2.27. The molecule has 0 spiro atoms. The van der Waals surface area contributed by atoms with Gasteiger partial charge in [-0.15, -0.1) is 0 Å². The predicted octanol–water partition coefficient (Wildman–Crippen LogP) is 5.49. The number of hydrogen-bond donors (Lipinski definition) is 0. The molecule has 0 fully saturated rings. The molecule has 0 amide bonds. The molecule has 0 atom stereocenters. The van der Waals surface area contributed by atoms with E-state index in [4.69, 9.17) is 0 Å². The summed E-state index contributed by atoms with van der Waals surface area (Å²) in [6.07, 6.45) is 1.08. The maximum absolute atomic E-state index is 2.27. The van der Waals surface area contributed by atoms with Crippen LogP contribution in [0.2, 0.25) is 0 Å². The summed E-state index contributed by atoms with van der Waals surface area (Å²) >= 11 is 3.56. The van der Waals surface area contributed by atoms with Crippen molar-refractivity contribution < 1.29 is 0 Å². The molecule has 1 aromatic carbocycles. The molecule has 3 rings (SSSR count). The summed E-state index contributed by atoms with van der Waals surface area (Å²) in [6, 6.07) is 13.4. The van der Waals surface area contributed by atoms with Crippen molar-refractivity contribution in [3.8, 4) is 0 Å². The van der Waals surface area contributed by atoms with Gasteiger partial charge in [0.15, 0.2) is 0 Å². The minimum Gasteiger partial charge on any atom is -0.152 e. The summed E-state index contributed by atoms with van der Waals surface area (Å²) < 4.78 is 0. The van der Waals surface area contributed by atoms with Crippen molar-refractivity contribution in [2.45, 2.75) is 19.3 Å². The lowest BCUT2D eigenvalue weighted by molar-refractivity contribution is 0.812. The monoisotopic (exact) mass is 284 g/mol. The van der Waals surface area contributed by atoms with E-state index in [0.717, 1.165) is 6.42 Å². The molecule has 2 aromatic heterocycles. The Bertz CT molecular complexity index is 570. The molecule has 2 heteroatoms. The first-order valence-corrected chi connectivity index (χ1v) is 8.31. The Hall–Kier alpha value is -1.38. The fourth-order valence-electron chi connectivity index (χ4n) is 2.33. The van der Waals surface area contributed by atoms with Gasteiger partial charge in [-0.25, -0.2) is 0 Å². The highest BCUT2D eigenvalue weighted by Crippen LogP contribution is 2.31. The van der Waals surface area contributed by atoms with E-state index in [1.807, 2.05) is 0 Å². The molecule has 0 aliphatic carbocycles. The zero-order valence-corrected chi connectivity index (χ0v) is 12.5. The van der Waals surface area contributed by atoms with Crippen LogP contribution in [-0.4, -0.2) is 0 Å². The molecule has 0 radical (unpaired) electrons. The van der Waals surface area contributed by atoms with E-state index in [0.29, 0.717) is 5.92 Å². The molecule has 19 heavy (non-hydrogen) atoms. The second-order valence-corrected chi connectivity index (χ2v) is 6.42. The van der Waals surface area contributed by atoms with Crippen molar-refractivity contribution in [2.24, 2.45) is 0 Å². The summed E-state index contributed by atoms with van der Waals surface area (Å²) in [5.41, 5.74) is 5.60. The summed E-state index contributed by atoms with van der Waals surface area (Å²) in [6.45, 7) is 2.14. The molecule has 0 unspecified atom stereocenters. The average Bonchev–Trinajstić information content (AvgIpc) is 3.11. The number of benzene rings is 1. The number of rotatable bonds is 4. The van der Waals surface area contributed by atoms with Gasteiger partial charge in [0.05, 0.1) is 0 Å². The van der Waals surface area contributed by atoms with E-state index in [1.54, 1.807) is 22.7 Å². The third-order valence-electron chi connectivity index (χ3n) is 3.45. The van der Waals surface area contributed by atoms with Gasteiger partial charge in [-0.1, -0.05) is 29.8 Å². The van der Waals surface area contributed by atoms with Crippen molar-refractivity contribution in [2.75, 3.05) is 0 Å².